The summed E-state index contributed by atoms with van der Waals surface area (Å²) in [5.41, 5.74) is 0.167. The second-order valence-electron chi connectivity index (χ2n) is 2.19. The zero-order valence-corrected chi connectivity index (χ0v) is 7.32. The second-order valence-corrected chi connectivity index (χ2v) is 2.19. The minimum atomic E-state index is -1.06. The van der Waals surface area contributed by atoms with Crippen LogP contribution in [0.3, 0.4) is 0 Å². The Morgan fingerprint density at radius 2 is 1.08 bits per heavy atom. The van der Waals surface area contributed by atoms with Crippen molar-refractivity contribution < 1.29 is 36.3 Å². The minimum absolute atomic E-state index is 0. The van der Waals surface area contributed by atoms with Gasteiger partial charge in [0.15, 0.2) is 0 Å². The van der Waals surface area contributed by atoms with E-state index in [2.05, 4.69) is 0 Å². The van der Waals surface area contributed by atoms with Crippen LogP contribution in [-0.2, 0) is 16.5 Å². The van der Waals surface area contributed by atoms with Gasteiger partial charge in [-0.25, -0.2) is 9.59 Å². The van der Waals surface area contributed by atoms with E-state index in [0.29, 0.717) is 0 Å². The first-order valence-electron chi connectivity index (χ1n) is 3.18. The molecule has 0 aliphatic heterocycles. The largest absolute Gasteiger partial charge is 0.478 e. The van der Waals surface area contributed by atoms with E-state index in [9.17, 15) is 9.59 Å². The van der Waals surface area contributed by atoms with Gasteiger partial charge < -0.3 is 10.2 Å². The fourth-order valence-corrected chi connectivity index (χ4v) is 0.755. The van der Waals surface area contributed by atoms with Crippen molar-refractivity contribution in [1.82, 2.24) is 0 Å². The molecule has 0 bridgehead atoms. The molecular formula is C8H6NiO4. The molecule has 1 rings (SSSR count). The maximum absolute atomic E-state index is 10.3. The predicted molar refractivity (Wildman–Crippen MR) is 40.4 cm³/mol. The number of aromatic carboxylic acids is 2. The minimum Gasteiger partial charge on any atom is -0.478 e. The van der Waals surface area contributed by atoms with E-state index in [1.165, 1.54) is 24.3 Å². The summed E-state index contributed by atoms with van der Waals surface area (Å²) in [5, 5.41) is 16.9. The molecule has 1 aromatic carbocycles. The molecule has 0 heterocycles. The summed E-state index contributed by atoms with van der Waals surface area (Å²) in [6.45, 7) is 0. The number of benzene rings is 1. The van der Waals surface area contributed by atoms with Crippen molar-refractivity contribution in [2.45, 2.75) is 0 Å². The van der Waals surface area contributed by atoms with Gasteiger partial charge in [0.2, 0.25) is 0 Å². The molecule has 13 heavy (non-hydrogen) atoms. The van der Waals surface area contributed by atoms with Gasteiger partial charge in [0, 0.05) is 16.5 Å². The Bertz CT molecular complexity index is 284. The van der Waals surface area contributed by atoms with Gasteiger partial charge in [0.25, 0.3) is 0 Å². The van der Waals surface area contributed by atoms with Crippen molar-refractivity contribution in [3.8, 4) is 0 Å². The molecule has 0 unspecified atom stereocenters. The van der Waals surface area contributed by atoms with Gasteiger partial charge in [-0.05, 0) is 24.3 Å². The van der Waals surface area contributed by atoms with Crippen LogP contribution in [0.15, 0.2) is 24.3 Å². The van der Waals surface area contributed by atoms with Gasteiger partial charge in [0.1, 0.15) is 0 Å². The molecule has 1 aromatic rings. The normalized spacial score (nSPS) is 8.62. The number of carbonyl (C=O) groups is 2. The van der Waals surface area contributed by atoms with E-state index in [0.717, 1.165) is 0 Å². The summed E-state index contributed by atoms with van der Waals surface area (Å²) in [6.07, 6.45) is 0. The fourth-order valence-electron chi connectivity index (χ4n) is 0.755. The quantitative estimate of drug-likeness (QED) is 0.738. The van der Waals surface area contributed by atoms with Gasteiger partial charge in [0.05, 0.1) is 11.1 Å². The molecule has 0 radical (unpaired) electrons. The van der Waals surface area contributed by atoms with E-state index < -0.39 is 11.9 Å². The molecule has 72 valence electrons. The molecule has 0 atom stereocenters. The van der Waals surface area contributed by atoms with Crippen molar-refractivity contribution in [3.63, 3.8) is 0 Å². The number of hydrogen-bond acceptors (Lipinski definition) is 2. The third-order valence-corrected chi connectivity index (χ3v) is 1.38. The smallest absolute Gasteiger partial charge is 0.335 e. The Kier molecular flexibility index (Phi) is 4.14. The summed E-state index contributed by atoms with van der Waals surface area (Å²) in [5.74, 6) is -2.13. The van der Waals surface area contributed by atoms with Crippen LogP contribution in [0.1, 0.15) is 20.7 Å². The average Bonchev–Trinajstić information content (AvgIpc) is 2.04. The maximum atomic E-state index is 10.3. The van der Waals surface area contributed by atoms with Crippen molar-refractivity contribution in [2.24, 2.45) is 0 Å². The molecule has 0 amide bonds. The SMILES string of the molecule is O=C(O)c1ccc(C(=O)O)cc1.[Ni]. The van der Waals surface area contributed by atoms with E-state index in [1.807, 2.05) is 0 Å². The van der Waals surface area contributed by atoms with Gasteiger partial charge in [-0.15, -0.1) is 0 Å². The molecule has 0 aliphatic rings. The second kappa shape index (κ2) is 4.62. The topological polar surface area (TPSA) is 74.6 Å². The Hall–Kier alpha value is -1.35. The summed E-state index contributed by atoms with van der Waals surface area (Å²) >= 11 is 0. The van der Waals surface area contributed by atoms with Crippen molar-refractivity contribution >= 4 is 11.9 Å². The Labute approximate surface area is 84.1 Å². The summed E-state index contributed by atoms with van der Waals surface area (Å²) < 4.78 is 0. The van der Waals surface area contributed by atoms with Gasteiger partial charge >= 0.3 is 11.9 Å². The van der Waals surface area contributed by atoms with E-state index in [1.54, 1.807) is 0 Å². The summed E-state index contributed by atoms with van der Waals surface area (Å²) in [7, 11) is 0. The zero-order chi connectivity index (χ0) is 9.14. The standard InChI is InChI=1S/C8H6O4.Ni/c9-7(10)5-1-2-6(4-3-5)8(11)12;/h1-4H,(H,9,10)(H,11,12);. The van der Waals surface area contributed by atoms with Crippen molar-refractivity contribution in [2.75, 3.05) is 0 Å². The third kappa shape index (κ3) is 2.88. The average molecular weight is 225 g/mol. The first-order chi connectivity index (χ1) is 5.61. The fraction of sp³-hybridized carbons (Fsp3) is 0. The van der Waals surface area contributed by atoms with E-state index in [-0.39, 0.29) is 27.6 Å². The Morgan fingerprint density at radius 3 is 1.23 bits per heavy atom. The first kappa shape index (κ1) is 11.7. The van der Waals surface area contributed by atoms with Gasteiger partial charge in [-0.3, -0.25) is 0 Å². The summed E-state index contributed by atoms with van der Waals surface area (Å²) in [6, 6.07) is 5.02. The zero-order valence-electron chi connectivity index (χ0n) is 6.34. The molecule has 0 aliphatic carbocycles. The molecule has 0 saturated heterocycles. The predicted octanol–water partition coefficient (Wildman–Crippen LogP) is 1.08. The number of carboxylic acids is 2. The number of carboxylic acid groups (broad SMARTS) is 2. The van der Waals surface area contributed by atoms with Crippen LogP contribution >= 0.6 is 0 Å². The monoisotopic (exact) mass is 224 g/mol. The molecule has 4 nitrogen and oxygen atoms in total. The number of rotatable bonds is 2. The van der Waals surface area contributed by atoms with Crippen LogP contribution in [-0.4, -0.2) is 22.2 Å². The van der Waals surface area contributed by atoms with Crippen LogP contribution < -0.4 is 0 Å². The number of hydrogen-bond donors (Lipinski definition) is 2. The van der Waals surface area contributed by atoms with Crippen LogP contribution in [0.2, 0.25) is 0 Å². The molecule has 0 aromatic heterocycles. The Balaban J connectivity index is 0.00000144. The molecule has 0 fully saturated rings. The van der Waals surface area contributed by atoms with Crippen LogP contribution in [0.5, 0.6) is 0 Å². The van der Waals surface area contributed by atoms with Crippen LogP contribution in [0, 0.1) is 0 Å². The van der Waals surface area contributed by atoms with Crippen molar-refractivity contribution in [1.29, 1.82) is 0 Å². The molecule has 5 heteroatoms. The Morgan fingerprint density at radius 1 is 0.846 bits per heavy atom. The first-order valence-corrected chi connectivity index (χ1v) is 3.18. The van der Waals surface area contributed by atoms with Gasteiger partial charge in [-0.1, -0.05) is 0 Å². The molecule has 2 N–H and O–H groups in total. The van der Waals surface area contributed by atoms with Gasteiger partial charge in [-0.2, -0.15) is 0 Å². The van der Waals surface area contributed by atoms with Crippen LogP contribution in [0.25, 0.3) is 0 Å². The molecule has 0 spiro atoms. The third-order valence-electron chi connectivity index (χ3n) is 1.38. The van der Waals surface area contributed by atoms with Crippen molar-refractivity contribution in [3.05, 3.63) is 35.4 Å². The van der Waals surface area contributed by atoms with E-state index in [4.69, 9.17) is 10.2 Å². The molecule has 0 saturated carbocycles. The maximum Gasteiger partial charge on any atom is 0.335 e. The molecular weight excluding hydrogens is 219 g/mol. The summed E-state index contributed by atoms with van der Waals surface area (Å²) in [4.78, 5) is 20.7. The van der Waals surface area contributed by atoms with Crippen LogP contribution in [0.4, 0.5) is 0 Å². The van der Waals surface area contributed by atoms with E-state index >= 15 is 0 Å².